The Hall–Kier alpha value is -0.240. The average Bonchev–Trinajstić information content (AvgIpc) is 2.68. The van der Waals surface area contributed by atoms with Crippen LogP contribution >= 0.6 is 8.03 Å². The Morgan fingerprint density at radius 1 is 0.700 bits per heavy atom. The molecule has 178 valence electrons. The summed E-state index contributed by atoms with van der Waals surface area (Å²) >= 11 is 0. The molecule has 0 heterocycles. The molecule has 0 fully saturated rings. The first-order chi connectivity index (χ1) is 14.3. The molecule has 0 radical (unpaired) electrons. The van der Waals surface area contributed by atoms with E-state index in [0.717, 1.165) is 19.3 Å². The van der Waals surface area contributed by atoms with Crippen LogP contribution in [0.2, 0.25) is 0 Å². The lowest BCUT2D eigenvalue weighted by molar-refractivity contribution is -0.910. The first-order valence-corrected chi connectivity index (χ1v) is 14.1. The van der Waals surface area contributed by atoms with Crippen LogP contribution < -0.4 is 4.89 Å². The fraction of sp³-hybridized carbons (Fsp3) is 0.923. The fourth-order valence-electron chi connectivity index (χ4n) is 4.46. The molecule has 0 saturated heterocycles. The van der Waals surface area contributed by atoms with Crippen LogP contribution in [-0.4, -0.2) is 30.9 Å². The maximum Gasteiger partial charge on any atom is 0.376 e. The van der Waals surface area contributed by atoms with Crippen LogP contribution in [0.1, 0.15) is 129 Å². The van der Waals surface area contributed by atoms with Gasteiger partial charge in [-0.25, -0.2) is 0 Å². The standard InChI is InChI=1S/C26H53NO2P/c1-6-8-9-10-11-12-13-14-15-16-17-18-19-20-21-22-23-24-25-26(7-2,30(28)29)27(3,4)5/h16-17H,6-15,18-25H2,1-5H3/q+1/b17-16-. The molecule has 0 bridgehead atoms. The summed E-state index contributed by atoms with van der Waals surface area (Å²) in [7, 11) is 3.62. The van der Waals surface area contributed by atoms with Crippen molar-refractivity contribution in [2.24, 2.45) is 0 Å². The monoisotopic (exact) mass is 442 g/mol. The van der Waals surface area contributed by atoms with Gasteiger partial charge in [-0.3, -0.25) is 4.48 Å². The first-order valence-electron chi connectivity index (χ1n) is 12.9. The third-order valence-corrected chi connectivity index (χ3v) is 8.56. The minimum Gasteiger partial charge on any atom is -0.590 e. The van der Waals surface area contributed by atoms with E-state index in [0.29, 0.717) is 10.9 Å². The Labute approximate surface area is 190 Å². The van der Waals surface area contributed by atoms with Crippen LogP contribution in [0.25, 0.3) is 0 Å². The molecule has 0 spiro atoms. The van der Waals surface area contributed by atoms with Gasteiger partial charge in [-0.05, 0) is 32.1 Å². The van der Waals surface area contributed by atoms with E-state index in [1.54, 1.807) is 0 Å². The van der Waals surface area contributed by atoms with Gasteiger partial charge in [-0.2, -0.15) is 0 Å². The van der Waals surface area contributed by atoms with Crippen LogP contribution in [-0.2, 0) is 4.57 Å². The zero-order chi connectivity index (χ0) is 22.7. The summed E-state index contributed by atoms with van der Waals surface area (Å²) in [6, 6.07) is 0. The van der Waals surface area contributed by atoms with E-state index in [-0.39, 0.29) is 0 Å². The lowest BCUT2D eigenvalue weighted by Crippen LogP contribution is -2.55. The number of hydrogen-bond donors (Lipinski definition) is 0. The summed E-state index contributed by atoms with van der Waals surface area (Å²) in [6.45, 7) is 4.29. The fourth-order valence-corrected chi connectivity index (χ4v) is 5.55. The summed E-state index contributed by atoms with van der Waals surface area (Å²) in [5.41, 5.74) is 0. The molecule has 0 saturated carbocycles. The Morgan fingerprint density at radius 2 is 1.10 bits per heavy atom. The van der Waals surface area contributed by atoms with Crippen molar-refractivity contribution in [1.29, 1.82) is 0 Å². The Balaban J connectivity index is 3.59. The molecule has 0 N–H and O–H groups in total. The van der Waals surface area contributed by atoms with Crippen molar-refractivity contribution >= 4 is 8.03 Å². The van der Waals surface area contributed by atoms with E-state index in [1.165, 1.54) is 89.9 Å². The number of nitrogens with zero attached hydrogens (tertiary/aromatic N) is 1. The number of rotatable bonds is 21. The molecule has 0 amide bonds. The highest BCUT2D eigenvalue weighted by Crippen LogP contribution is 2.44. The third kappa shape index (κ3) is 13.2. The summed E-state index contributed by atoms with van der Waals surface area (Å²) < 4.78 is 12.4. The molecule has 30 heavy (non-hydrogen) atoms. The highest BCUT2D eigenvalue weighted by molar-refractivity contribution is 7.38. The molecule has 0 aromatic rings. The predicted molar refractivity (Wildman–Crippen MR) is 132 cm³/mol. The van der Waals surface area contributed by atoms with Crippen LogP contribution in [0.5, 0.6) is 0 Å². The van der Waals surface area contributed by atoms with E-state index in [4.69, 9.17) is 0 Å². The number of unbranched alkanes of at least 4 members (excludes halogenated alkanes) is 14. The minimum atomic E-state index is -2.42. The van der Waals surface area contributed by atoms with Gasteiger partial charge in [0.2, 0.25) is 0 Å². The summed E-state index contributed by atoms with van der Waals surface area (Å²) in [5, 5.41) is -0.602. The minimum absolute atomic E-state index is 0.507. The van der Waals surface area contributed by atoms with Crippen molar-refractivity contribution in [3.63, 3.8) is 0 Å². The van der Waals surface area contributed by atoms with Crippen LogP contribution in [0.15, 0.2) is 12.2 Å². The summed E-state index contributed by atoms with van der Waals surface area (Å²) in [5.74, 6) is 0. The molecule has 0 aromatic heterocycles. The van der Waals surface area contributed by atoms with Crippen molar-refractivity contribution in [3.05, 3.63) is 12.2 Å². The van der Waals surface area contributed by atoms with Gasteiger partial charge in [0.15, 0.2) is 0 Å². The number of hydrogen-bond acceptors (Lipinski definition) is 2. The Bertz CT molecular complexity index is 445. The van der Waals surface area contributed by atoms with Gasteiger partial charge < -0.3 is 4.89 Å². The highest BCUT2D eigenvalue weighted by Gasteiger charge is 2.52. The van der Waals surface area contributed by atoms with E-state index in [9.17, 15) is 9.46 Å². The third-order valence-electron chi connectivity index (χ3n) is 6.74. The molecule has 0 aliphatic heterocycles. The van der Waals surface area contributed by atoms with Crippen molar-refractivity contribution in [1.82, 2.24) is 0 Å². The topological polar surface area (TPSA) is 40.1 Å². The summed E-state index contributed by atoms with van der Waals surface area (Å²) in [4.78, 5) is 11.9. The van der Waals surface area contributed by atoms with Crippen molar-refractivity contribution in [3.8, 4) is 0 Å². The van der Waals surface area contributed by atoms with Crippen LogP contribution in [0, 0.1) is 0 Å². The van der Waals surface area contributed by atoms with Crippen molar-refractivity contribution in [2.45, 2.75) is 135 Å². The zero-order valence-electron chi connectivity index (χ0n) is 21.1. The maximum atomic E-state index is 11.9. The second kappa shape index (κ2) is 18.3. The van der Waals surface area contributed by atoms with Crippen molar-refractivity contribution in [2.75, 3.05) is 21.1 Å². The van der Waals surface area contributed by atoms with E-state index in [1.807, 2.05) is 28.1 Å². The largest absolute Gasteiger partial charge is 0.590 e. The predicted octanol–water partition coefficient (Wildman–Crippen LogP) is 8.11. The van der Waals surface area contributed by atoms with Gasteiger partial charge in [0.05, 0.1) is 21.1 Å². The number of quaternary nitrogens is 1. The van der Waals surface area contributed by atoms with Gasteiger partial charge in [-0.15, -0.1) is 0 Å². The average molecular weight is 443 g/mol. The quantitative estimate of drug-likeness (QED) is 0.0779. The molecule has 4 heteroatoms. The maximum absolute atomic E-state index is 11.9. The molecular weight excluding hydrogens is 389 g/mol. The lowest BCUT2D eigenvalue weighted by atomic mass is 10.0. The molecule has 2 unspecified atom stereocenters. The highest BCUT2D eigenvalue weighted by atomic mass is 31.1. The van der Waals surface area contributed by atoms with Crippen LogP contribution in [0.3, 0.4) is 0 Å². The van der Waals surface area contributed by atoms with E-state index >= 15 is 0 Å². The van der Waals surface area contributed by atoms with E-state index < -0.39 is 13.3 Å². The van der Waals surface area contributed by atoms with Gasteiger partial charge in [0, 0.05) is 12.8 Å². The smallest absolute Gasteiger partial charge is 0.376 e. The normalized spacial score (nSPS) is 14.9. The van der Waals surface area contributed by atoms with Crippen molar-refractivity contribution < 1.29 is 13.9 Å². The number of allylic oxidation sites excluding steroid dienone is 2. The van der Waals surface area contributed by atoms with Gasteiger partial charge in [0.1, 0.15) is 0 Å². The zero-order valence-corrected chi connectivity index (χ0v) is 22.0. The molecular formula is C26H53NO2P+. The van der Waals surface area contributed by atoms with Crippen LogP contribution in [0.4, 0.5) is 0 Å². The molecule has 3 nitrogen and oxygen atoms in total. The molecule has 2 atom stereocenters. The first kappa shape index (κ1) is 29.8. The summed E-state index contributed by atoms with van der Waals surface area (Å²) in [6.07, 6.45) is 27.2. The molecule has 0 aliphatic carbocycles. The second-order valence-corrected chi connectivity index (χ2v) is 11.3. The lowest BCUT2D eigenvalue weighted by Gasteiger charge is -2.39. The van der Waals surface area contributed by atoms with E-state index in [2.05, 4.69) is 19.1 Å². The van der Waals surface area contributed by atoms with Gasteiger partial charge in [-0.1, -0.05) is 101 Å². The second-order valence-electron chi connectivity index (χ2n) is 10.0. The Kier molecular flexibility index (Phi) is 18.2. The SMILES string of the molecule is CCCCCCCCCC/C=C\CCCCCCCCC(CC)([P+](=O)[O-])[N+](C)(C)C. The van der Waals surface area contributed by atoms with Gasteiger partial charge in [0.25, 0.3) is 5.28 Å². The molecule has 0 rings (SSSR count). The van der Waals surface area contributed by atoms with Gasteiger partial charge >= 0.3 is 8.03 Å². The molecule has 0 aromatic carbocycles. The Morgan fingerprint density at radius 3 is 1.47 bits per heavy atom. The molecule has 0 aliphatic rings.